The van der Waals surface area contributed by atoms with E-state index in [1.165, 1.54) is 25.7 Å². The van der Waals surface area contributed by atoms with Gasteiger partial charge in [0, 0.05) is 37.8 Å². The molecule has 0 radical (unpaired) electrons. The van der Waals surface area contributed by atoms with Crippen molar-refractivity contribution in [3.63, 3.8) is 0 Å². The molecular formula is C15H28N2O2. The monoisotopic (exact) mass is 268 g/mol. The Labute approximate surface area is 116 Å². The lowest BCUT2D eigenvalue weighted by molar-refractivity contribution is 0.0547. The minimum atomic E-state index is -0.00472. The number of aliphatic hydroxyl groups excluding tert-OH is 1. The first-order valence-electron chi connectivity index (χ1n) is 7.90. The highest BCUT2D eigenvalue weighted by molar-refractivity contribution is 5.01. The molecule has 1 heterocycles. The smallest absolute Gasteiger partial charge is 0.0710 e. The minimum absolute atomic E-state index is 0.00472. The van der Waals surface area contributed by atoms with Gasteiger partial charge in [0.1, 0.15) is 0 Å². The highest BCUT2D eigenvalue weighted by Gasteiger charge is 2.42. The Morgan fingerprint density at radius 1 is 1.32 bits per heavy atom. The number of methoxy groups -OCH3 is 1. The van der Waals surface area contributed by atoms with Gasteiger partial charge in [-0.1, -0.05) is 0 Å². The Bertz CT molecular complexity index is 309. The first kappa shape index (κ1) is 13.8. The van der Waals surface area contributed by atoms with E-state index in [0.717, 1.165) is 32.4 Å². The van der Waals surface area contributed by atoms with Crippen LogP contribution in [0, 0.1) is 0 Å². The SMILES string of the molecule is COC1CCN(C2CCCC(CO)(NC3CC3)C2)C1. The van der Waals surface area contributed by atoms with Crippen molar-refractivity contribution in [2.24, 2.45) is 0 Å². The van der Waals surface area contributed by atoms with Gasteiger partial charge in [-0.05, 0) is 44.9 Å². The maximum atomic E-state index is 9.87. The molecule has 3 unspecified atom stereocenters. The maximum Gasteiger partial charge on any atom is 0.0710 e. The first-order valence-corrected chi connectivity index (χ1v) is 7.90. The van der Waals surface area contributed by atoms with Gasteiger partial charge < -0.3 is 15.2 Å². The summed E-state index contributed by atoms with van der Waals surface area (Å²) >= 11 is 0. The predicted molar refractivity (Wildman–Crippen MR) is 75.2 cm³/mol. The molecule has 2 N–H and O–H groups in total. The molecule has 0 spiro atoms. The second-order valence-electron chi connectivity index (χ2n) is 6.75. The van der Waals surface area contributed by atoms with Crippen LogP contribution in [-0.4, -0.2) is 60.5 Å². The summed E-state index contributed by atoms with van der Waals surface area (Å²) < 4.78 is 5.48. The quantitative estimate of drug-likeness (QED) is 0.785. The molecule has 0 amide bonds. The van der Waals surface area contributed by atoms with Crippen LogP contribution in [0.1, 0.15) is 44.9 Å². The Balaban J connectivity index is 1.60. The molecule has 1 saturated heterocycles. The zero-order valence-electron chi connectivity index (χ0n) is 12.1. The average Bonchev–Trinajstić information content (AvgIpc) is 3.11. The van der Waals surface area contributed by atoms with Crippen molar-refractivity contribution in [2.75, 3.05) is 26.8 Å². The van der Waals surface area contributed by atoms with Gasteiger partial charge in [-0.3, -0.25) is 4.90 Å². The van der Waals surface area contributed by atoms with E-state index < -0.39 is 0 Å². The molecule has 3 fully saturated rings. The Morgan fingerprint density at radius 2 is 2.16 bits per heavy atom. The third-order valence-electron chi connectivity index (χ3n) is 5.24. The highest BCUT2D eigenvalue weighted by Crippen LogP contribution is 2.35. The van der Waals surface area contributed by atoms with Gasteiger partial charge in [0.2, 0.25) is 0 Å². The molecule has 0 bridgehead atoms. The third kappa shape index (κ3) is 3.13. The number of likely N-dealkylation sites (tertiary alicyclic amines) is 1. The van der Waals surface area contributed by atoms with Crippen LogP contribution in [0.5, 0.6) is 0 Å². The summed E-state index contributed by atoms with van der Waals surface area (Å²) in [5.41, 5.74) is -0.00472. The van der Waals surface area contributed by atoms with Crippen molar-refractivity contribution < 1.29 is 9.84 Å². The molecule has 0 aromatic carbocycles. The van der Waals surface area contributed by atoms with Crippen molar-refractivity contribution in [3.05, 3.63) is 0 Å². The summed E-state index contributed by atoms with van der Waals surface area (Å²) in [5.74, 6) is 0. The van der Waals surface area contributed by atoms with Gasteiger partial charge in [0.25, 0.3) is 0 Å². The van der Waals surface area contributed by atoms with E-state index in [2.05, 4.69) is 10.2 Å². The van der Waals surface area contributed by atoms with E-state index >= 15 is 0 Å². The number of ether oxygens (including phenoxy) is 1. The Hall–Kier alpha value is -0.160. The number of rotatable bonds is 5. The summed E-state index contributed by atoms with van der Waals surface area (Å²) in [6, 6.07) is 1.31. The van der Waals surface area contributed by atoms with Crippen molar-refractivity contribution in [3.8, 4) is 0 Å². The van der Waals surface area contributed by atoms with Gasteiger partial charge in [0.05, 0.1) is 12.7 Å². The molecule has 1 aliphatic heterocycles. The summed E-state index contributed by atoms with van der Waals surface area (Å²) in [4.78, 5) is 2.59. The summed E-state index contributed by atoms with van der Waals surface area (Å²) in [5, 5.41) is 13.6. The van der Waals surface area contributed by atoms with Gasteiger partial charge in [-0.25, -0.2) is 0 Å². The molecule has 4 nitrogen and oxygen atoms in total. The number of nitrogens with one attached hydrogen (secondary N) is 1. The van der Waals surface area contributed by atoms with E-state index in [1.807, 2.05) is 7.11 Å². The second kappa shape index (κ2) is 5.68. The van der Waals surface area contributed by atoms with Crippen LogP contribution in [0.3, 0.4) is 0 Å². The summed E-state index contributed by atoms with van der Waals surface area (Å²) in [7, 11) is 1.82. The van der Waals surface area contributed by atoms with Crippen molar-refractivity contribution in [1.82, 2.24) is 10.2 Å². The third-order valence-corrected chi connectivity index (χ3v) is 5.24. The second-order valence-corrected chi connectivity index (χ2v) is 6.75. The van der Waals surface area contributed by atoms with Gasteiger partial charge >= 0.3 is 0 Å². The van der Waals surface area contributed by atoms with Crippen molar-refractivity contribution in [1.29, 1.82) is 0 Å². The first-order chi connectivity index (χ1) is 9.24. The molecule has 4 heteroatoms. The molecule has 110 valence electrons. The zero-order valence-corrected chi connectivity index (χ0v) is 12.1. The number of aliphatic hydroxyl groups is 1. The molecule has 2 aliphatic carbocycles. The van der Waals surface area contributed by atoms with Crippen LogP contribution in [-0.2, 0) is 4.74 Å². The van der Waals surface area contributed by atoms with Crippen LogP contribution < -0.4 is 5.32 Å². The number of nitrogens with zero attached hydrogens (tertiary/aromatic N) is 1. The van der Waals surface area contributed by atoms with E-state index in [-0.39, 0.29) is 5.54 Å². The Kier molecular flexibility index (Phi) is 4.13. The van der Waals surface area contributed by atoms with Crippen LogP contribution in [0.4, 0.5) is 0 Å². The Morgan fingerprint density at radius 3 is 2.79 bits per heavy atom. The van der Waals surface area contributed by atoms with Crippen LogP contribution >= 0.6 is 0 Å². The lowest BCUT2D eigenvalue weighted by Gasteiger charge is -2.43. The predicted octanol–water partition coefficient (Wildman–Crippen LogP) is 1.13. The molecule has 19 heavy (non-hydrogen) atoms. The molecule has 3 rings (SSSR count). The fraction of sp³-hybridized carbons (Fsp3) is 1.00. The van der Waals surface area contributed by atoms with Gasteiger partial charge in [-0.15, -0.1) is 0 Å². The lowest BCUT2D eigenvalue weighted by atomic mass is 9.78. The van der Waals surface area contributed by atoms with Crippen LogP contribution in [0.25, 0.3) is 0 Å². The van der Waals surface area contributed by atoms with Crippen molar-refractivity contribution >= 4 is 0 Å². The molecule has 0 aromatic heterocycles. The lowest BCUT2D eigenvalue weighted by Crippen LogP contribution is -2.56. The van der Waals surface area contributed by atoms with Crippen LogP contribution in [0.2, 0.25) is 0 Å². The topological polar surface area (TPSA) is 44.7 Å². The fourth-order valence-corrected chi connectivity index (χ4v) is 3.90. The highest BCUT2D eigenvalue weighted by atomic mass is 16.5. The normalized spacial score (nSPS) is 40.7. The van der Waals surface area contributed by atoms with E-state index in [9.17, 15) is 5.11 Å². The average molecular weight is 268 g/mol. The van der Waals surface area contributed by atoms with Crippen LogP contribution in [0.15, 0.2) is 0 Å². The minimum Gasteiger partial charge on any atom is -0.394 e. The van der Waals surface area contributed by atoms with Gasteiger partial charge in [0.15, 0.2) is 0 Å². The summed E-state index contributed by atoms with van der Waals surface area (Å²) in [6.45, 7) is 2.53. The van der Waals surface area contributed by atoms with Gasteiger partial charge in [-0.2, -0.15) is 0 Å². The number of hydrogen-bond donors (Lipinski definition) is 2. The van der Waals surface area contributed by atoms with E-state index in [4.69, 9.17) is 4.74 Å². The largest absolute Gasteiger partial charge is 0.394 e. The molecule has 0 aromatic rings. The van der Waals surface area contributed by atoms with E-state index in [0.29, 0.717) is 24.8 Å². The fourth-order valence-electron chi connectivity index (χ4n) is 3.90. The standard InChI is InChI=1S/C15H28N2O2/c1-19-14-6-8-17(10-14)13-3-2-7-15(9-13,11-18)16-12-4-5-12/h12-14,16,18H,2-11H2,1H3. The number of hydrogen-bond acceptors (Lipinski definition) is 4. The molecular weight excluding hydrogens is 240 g/mol. The summed E-state index contributed by atoms with van der Waals surface area (Å²) in [6.07, 6.45) is 8.93. The maximum absolute atomic E-state index is 9.87. The molecule has 3 atom stereocenters. The molecule has 3 aliphatic rings. The van der Waals surface area contributed by atoms with Crippen molar-refractivity contribution in [2.45, 2.75) is 68.7 Å². The zero-order chi connectivity index (χ0) is 13.3. The van der Waals surface area contributed by atoms with E-state index in [1.54, 1.807) is 0 Å². The molecule has 2 saturated carbocycles.